The molecule has 7 heteroatoms. The Morgan fingerprint density at radius 1 is 1.56 bits per heavy atom. The van der Waals surface area contributed by atoms with Crippen molar-refractivity contribution in [2.75, 3.05) is 0 Å². The van der Waals surface area contributed by atoms with Gasteiger partial charge in [-0.25, -0.2) is 4.76 Å². The van der Waals surface area contributed by atoms with Crippen molar-refractivity contribution in [3.63, 3.8) is 0 Å². The number of quaternary nitrogens is 1. The molecule has 1 aromatic carbocycles. The number of fused-ring (bicyclic) bond motifs is 1. The predicted octanol–water partition coefficient (Wildman–Crippen LogP) is 0.557. The standard InChI is InChI=1S/C9H12N2O4S/c1-6-4-7-5-8(16(13,14)15)2-3-9(7)11(6,10)12/h2-3,5-6H,4,10H2,1H3,(H,13,14,15)/t6-,11-/m1/s1. The average Bonchev–Trinajstić information content (AvgIpc) is 2.36. The molecule has 1 aliphatic rings. The van der Waals surface area contributed by atoms with E-state index in [4.69, 9.17) is 10.4 Å². The molecule has 0 unspecified atom stereocenters. The molecule has 0 saturated carbocycles. The van der Waals surface area contributed by atoms with Gasteiger partial charge in [0.15, 0.2) is 5.69 Å². The largest absolute Gasteiger partial charge is 0.606 e. The van der Waals surface area contributed by atoms with Crippen LogP contribution < -0.4 is 10.6 Å². The Balaban J connectivity index is 2.57. The Hall–Kier alpha value is -0.990. The van der Waals surface area contributed by atoms with E-state index in [0.717, 1.165) is 0 Å². The fourth-order valence-corrected chi connectivity index (χ4v) is 2.45. The van der Waals surface area contributed by atoms with Crippen molar-refractivity contribution >= 4 is 15.8 Å². The van der Waals surface area contributed by atoms with Gasteiger partial charge >= 0.3 is 0 Å². The van der Waals surface area contributed by atoms with Crippen LogP contribution in [0, 0.1) is 5.21 Å². The minimum Gasteiger partial charge on any atom is -0.606 e. The highest BCUT2D eigenvalue weighted by Gasteiger charge is 2.36. The van der Waals surface area contributed by atoms with Gasteiger partial charge in [0.25, 0.3) is 10.1 Å². The summed E-state index contributed by atoms with van der Waals surface area (Å²) in [6, 6.07) is 3.48. The van der Waals surface area contributed by atoms with E-state index in [0.29, 0.717) is 17.7 Å². The van der Waals surface area contributed by atoms with Crippen LogP contribution in [0.2, 0.25) is 0 Å². The summed E-state index contributed by atoms with van der Waals surface area (Å²) in [5.41, 5.74) is 0.917. The molecule has 88 valence electrons. The molecule has 0 spiro atoms. The first kappa shape index (κ1) is 11.5. The molecule has 2 atom stereocenters. The van der Waals surface area contributed by atoms with Gasteiger partial charge in [-0.05, 0) is 19.1 Å². The highest BCUT2D eigenvalue weighted by molar-refractivity contribution is 7.85. The maximum atomic E-state index is 11.9. The van der Waals surface area contributed by atoms with Gasteiger partial charge in [0, 0.05) is 18.1 Å². The number of hydroxylamine groups is 1. The van der Waals surface area contributed by atoms with Crippen molar-refractivity contribution < 1.29 is 13.0 Å². The number of rotatable bonds is 1. The van der Waals surface area contributed by atoms with Crippen molar-refractivity contribution in [2.24, 2.45) is 5.84 Å². The van der Waals surface area contributed by atoms with E-state index in [2.05, 4.69) is 0 Å². The molecule has 0 radical (unpaired) electrons. The monoisotopic (exact) mass is 244 g/mol. The van der Waals surface area contributed by atoms with Crippen LogP contribution in [-0.4, -0.2) is 19.0 Å². The van der Waals surface area contributed by atoms with Crippen LogP contribution in [0.1, 0.15) is 12.5 Å². The van der Waals surface area contributed by atoms with Gasteiger partial charge in [0.05, 0.1) is 4.90 Å². The zero-order valence-electron chi connectivity index (χ0n) is 8.62. The summed E-state index contributed by atoms with van der Waals surface area (Å²) in [5.74, 6) is 5.56. The van der Waals surface area contributed by atoms with Gasteiger partial charge < -0.3 is 5.21 Å². The Labute approximate surface area is 93.2 Å². The first-order valence-electron chi connectivity index (χ1n) is 4.72. The van der Waals surface area contributed by atoms with Gasteiger partial charge in [-0.3, -0.25) is 4.55 Å². The molecule has 1 aromatic rings. The Kier molecular flexibility index (Phi) is 2.34. The average molecular weight is 244 g/mol. The summed E-state index contributed by atoms with van der Waals surface area (Å²) in [6.45, 7) is 1.69. The second kappa shape index (κ2) is 3.25. The van der Waals surface area contributed by atoms with Crippen LogP contribution in [0.3, 0.4) is 0 Å². The molecule has 1 heterocycles. The number of hydrogen-bond acceptors (Lipinski definition) is 4. The minimum absolute atomic E-state index is 0.208. The Morgan fingerprint density at radius 3 is 2.75 bits per heavy atom. The lowest BCUT2D eigenvalue weighted by molar-refractivity contribution is 0.327. The second-order valence-electron chi connectivity index (χ2n) is 4.03. The summed E-state index contributed by atoms with van der Waals surface area (Å²) in [4.78, 5) is -0.208. The number of nitrogens with two attached hydrogens (primary N) is 1. The van der Waals surface area contributed by atoms with Crippen LogP contribution >= 0.6 is 0 Å². The van der Waals surface area contributed by atoms with E-state index >= 15 is 0 Å². The lowest BCUT2D eigenvalue weighted by Gasteiger charge is -2.36. The number of nitrogens with zero attached hydrogens (tertiary/aromatic N) is 1. The van der Waals surface area contributed by atoms with Crippen LogP contribution in [0.4, 0.5) is 5.69 Å². The SMILES string of the molecule is C[C@@H]1Cc2cc(S(=O)(=O)O)ccc2[N@+]1(N)[O-]. The molecular formula is C9H12N2O4S. The number of benzene rings is 1. The highest BCUT2D eigenvalue weighted by Crippen LogP contribution is 2.36. The molecule has 0 aromatic heterocycles. The van der Waals surface area contributed by atoms with Crippen molar-refractivity contribution in [1.82, 2.24) is 4.76 Å². The molecule has 0 amide bonds. The maximum Gasteiger partial charge on any atom is 0.294 e. The van der Waals surface area contributed by atoms with Gasteiger partial charge in [-0.15, -0.1) is 0 Å². The smallest absolute Gasteiger partial charge is 0.294 e. The van der Waals surface area contributed by atoms with Crippen molar-refractivity contribution in [3.05, 3.63) is 29.0 Å². The van der Waals surface area contributed by atoms with Crippen molar-refractivity contribution in [2.45, 2.75) is 24.3 Å². The lowest BCUT2D eigenvalue weighted by atomic mass is 10.1. The molecule has 0 fully saturated rings. The third-order valence-electron chi connectivity index (χ3n) is 2.90. The topological polar surface area (TPSA) is 103 Å². The third-order valence-corrected chi connectivity index (χ3v) is 3.75. The van der Waals surface area contributed by atoms with E-state index < -0.39 is 14.9 Å². The molecule has 16 heavy (non-hydrogen) atoms. The first-order chi connectivity index (χ1) is 7.23. The van der Waals surface area contributed by atoms with Crippen LogP contribution in [0.5, 0.6) is 0 Å². The second-order valence-corrected chi connectivity index (χ2v) is 5.45. The highest BCUT2D eigenvalue weighted by atomic mass is 32.2. The fourth-order valence-electron chi connectivity index (χ4n) is 1.92. The molecular weight excluding hydrogens is 232 g/mol. The van der Waals surface area contributed by atoms with Crippen LogP contribution in [0.15, 0.2) is 23.1 Å². The predicted molar refractivity (Wildman–Crippen MR) is 58.8 cm³/mol. The summed E-state index contributed by atoms with van der Waals surface area (Å²) in [6.07, 6.45) is 0.401. The molecule has 6 nitrogen and oxygen atoms in total. The Morgan fingerprint density at radius 2 is 2.19 bits per heavy atom. The quantitative estimate of drug-likeness (QED) is 0.325. The first-order valence-corrected chi connectivity index (χ1v) is 6.16. The molecule has 0 saturated heterocycles. The fraction of sp³-hybridized carbons (Fsp3) is 0.333. The van der Waals surface area contributed by atoms with Gasteiger partial charge in [-0.2, -0.15) is 14.3 Å². The molecule has 0 bridgehead atoms. The summed E-state index contributed by atoms with van der Waals surface area (Å²) >= 11 is 0. The lowest BCUT2D eigenvalue weighted by Crippen LogP contribution is -2.54. The van der Waals surface area contributed by atoms with Crippen LogP contribution in [-0.2, 0) is 16.5 Å². The summed E-state index contributed by atoms with van der Waals surface area (Å²) < 4.78 is 29.7. The normalized spacial score (nSPS) is 29.1. The molecule has 2 rings (SSSR count). The van der Waals surface area contributed by atoms with Crippen molar-refractivity contribution in [1.29, 1.82) is 0 Å². The zero-order valence-corrected chi connectivity index (χ0v) is 9.44. The summed E-state index contributed by atoms with van der Waals surface area (Å²) in [7, 11) is -4.23. The van der Waals surface area contributed by atoms with E-state index in [1.165, 1.54) is 18.2 Å². The molecule has 1 aliphatic heterocycles. The minimum atomic E-state index is -4.23. The van der Waals surface area contributed by atoms with Crippen molar-refractivity contribution in [3.8, 4) is 0 Å². The number of hydrogen-bond donors (Lipinski definition) is 2. The third kappa shape index (κ3) is 1.62. The zero-order chi connectivity index (χ0) is 12.1. The van der Waals surface area contributed by atoms with E-state index in [-0.39, 0.29) is 10.9 Å². The Bertz CT molecular complexity index is 538. The van der Waals surface area contributed by atoms with E-state index in [1.807, 2.05) is 0 Å². The van der Waals surface area contributed by atoms with Crippen LogP contribution in [0.25, 0.3) is 0 Å². The molecule has 0 aliphatic carbocycles. The maximum absolute atomic E-state index is 11.9. The van der Waals surface area contributed by atoms with Gasteiger partial charge in [0.1, 0.15) is 6.04 Å². The van der Waals surface area contributed by atoms with Gasteiger partial charge in [-0.1, -0.05) is 0 Å². The summed E-state index contributed by atoms with van der Waals surface area (Å²) in [5, 5.41) is 11.9. The van der Waals surface area contributed by atoms with E-state index in [1.54, 1.807) is 6.92 Å². The van der Waals surface area contributed by atoms with Gasteiger partial charge in [0.2, 0.25) is 0 Å². The molecule has 3 N–H and O–H groups in total. The van der Waals surface area contributed by atoms with E-state index in [9.17, 15) is 13.6 Å².